The number of hydrogen-bond donors (Lipinski definition) is 1. The number of benzene rings is 1. The maximum atomic E-state index is 13.9. The van der Waals surface area contributed by atoms with Gasteiger partial charge in [-0.25, -0.2) is 4.39 Å². The van der Waals surface area contributed by atoms with Gasteiger partial charge in [-0.1, -0.05) is 24.3 Å². The first-order valence-electron chi connectivity index (χ1n) is 9.13. The zero-order valence-electron chi connectivity index (χ0n) is 15.2. The lowest BCUT2D eigenvalue weighted by Gasteiger charge is -2.26. The molecule has 2 unspecified atom stereocenters. The first kappa shape index (κ1) is 17.3. The summed E-state index contributed by atoms with van der Waals surface area (Å²) in [6.45, 7) is 0.380. The lowest BCUT2D eigenvalue weighted by atomic mass is 9.96. The predicted octanol–water partition coefficient (Wildman–Crippen LogP) is 2.78. The standard InChI is InChI=1S/C21H16FN5O2/c22-17-4-2-1-3-13(17)12-27-19-6-5-15(9-14(19)10-24-27)29-21-25-18-11-23-8-7-16(18)20(28)26-21/h1-11,14,19H,12H2,(H,25,26,28). The number of fused-ring (bicyclic) bond motifs is 2. The number of ether oxygens (including phenoxy) is 1. The SMILES string of the molecule is O=c1[nH]c(OC2=CC3C=NN(Cc4ccccc4F)C3C=C2)nc2cnccc12. The van der Waals surface area contributed by atoms with Crippen LogP contribution in [-0.2, 0) is 6.54 Å². The van der Waals surface area contributed by atoms with E-state index in [-0.39, 0.29) is 29.3 Å². The van der Waals surface area contributed by atoms with E-state index in [1.807, 2.05) is 23.2 Å². The molecular weight excluding hydrogens is 373 g/mol. The predicted molar refractivity (Wildman–Crippen MR) is 106 cm³/mol. The maximum absolute atomic E-state index is 13.9. The van der Waals surface area contributed by atoms with Crippen molar-refractivity contribution < 1.29 is 9.13 Å². The third-order valence-corrected chi connectivity index (χ3v) is 4.93. The Morgan fingerprint density at radius 2 is 2.14 bits per heavy atom. The number of rotatable bonds is 4. The fraction of sp³-hybridized carbons (Fsp3) is 0.143. The second-order valence-corrected chi connectivity index (χ2v) is 6.82. The van der Waals surface area contributed by atoms with E-state index in [4.69, 9.17) is 4.74 Å². The fourth-order valence-corrected chi connectivity index (χ4v) is 3.48. The largest absolute Gasteiger partial charge is 0.426 e. The molecule has 0 saturated heterocycles. The molecule has 1 N–H and O–H groups in total. The first-order chi connectivity index (χ1) is 14.2. The highest BCUT2D eigenvalue weighted by Crippen LogP contribution is 2.28. The van der Waals surface area contributed by atoms with Gasteiger partial charge in [0, 0.05) is 23.9 Å². The molecule has 5 rings (SSSR count). The quantitative estimate of drug-likeness (QED) is 0.742. The molecule has 2 aliphatic rings. The Morgan fingerprint density at radius 1 is 1.24 bits per heavy atom. The van der Waals surface area contributed by atoms with Crippen molar-refractivity contribution in [3.05, 3.63) is 88.4 Å². The highest BCUT2D eigenvalue weighted by Gasteiger charge is 2.31. The van der Waals surface area contributed by atoms with Crippen LogP contribution in [0.3, 0.4) is 0 Å². The lowest BCUT2D eigenvalue weighted by Crippen LogP contribution is -2.31. The molecule has 2 atom stereocenters. The molecule has 144 valence electrons. The van der Waals surface area contributed by atoms with Gasteiger partial charge >= 0.3 is 6.01 Å². The Balaban J connectivity index is 1.33. The molecule has 1 aliphatic carbocycles. The molecule has 0 fully saturated rings. The van der Waals surface area contributed by atoms with Crippen LogP contribution in [0.4, 0.5) is 4.39 Å². The van der Waals surface area contributed by atoms with Crippen LogP contribution in [0.1, 0.15) is 5.56 Å². The number of hydrogen-bond acceptors (Lipinski definition) is 6. The molecule has 2 aromatic heterocycles. The lowest BCUT2D eigenvalue weighted by molar-refractivity contribution is 0.234. The first-order valence-corrected chi connectivity index (χ1v) is 9.13. The van der Waals surface area contributed by atoms with Crippen LogP contribution in [0.25, 0.3) is 10.9 Å². The number of aromatic amines is 1. The smallest absolute Gasteiger partial charge is 0.302 e. The summed E-state index contributed by atoms with van der Waals surface area (Å²) < 4.78 is 19.7. The third-order valence-electron chi connectivity index (χ3n) is 4.93. The van der Waals surface area contributed by atoms with Crippen molar-refractivity contribution in [3.63, 3.8) is 0 Å². The summed E-state index contributed by atoms with van der Waals surface area (Å²) in [5, 5.41) is 6.71. The summed E-state index contributed by atoms with van der Waals surface area (Å²) in [5.74, 6) is 0.291. The van der Waals surface area contributed by atoms with Crippen molar-refractivity contribution in [2.45, 2.75) is 12.6 Å². The molecule has 7 nitrogen and oxygen atoms in total. The molecular formula is C21H16FN5O2. The van der Waals surface area contributed by atoms with Crippen LogP contribution in [0.2, 0.25) is 0 Å². The Kier molecular flexibility index (Phi) is 4.16. The summed E-state index contributed by atoms with van der Waals surface area (Å²) in [7, 11) is 0. The Bertz CT molecular complexity index is 1230. The average Bonchev–Trinajstić information content (AvgIpc) is 3.12. The summed E-state index contributed by atoms with van der Waals surface area (Å²) in [5.41, 5.74) is 0.767. The van der Waals surface area contributed by atoms with Gasteiger partial charge in [-0.2, -0.15) is 10.1 Å². The number of H-pyrrole nitrogens is 1. The summed E-state index contributed by atoms with van der Waals surface area (Å²) in [4.78, 5) is 23.1. The van der Waals surface area contributed by atoms with Crippen LogP contribution in [-0.4, -0.2) is 32.2 Å². The normalized spacial score (nSPS) is 20.0. The van der Waals surface area contributed by atoms with Crippen LogP contribution in [0.15, 0.2) is 76.6 Å². The number of halogens is 1. The highest BCUT2D eigenvalue weighted by molar-refractivity contribution is 5.76. The molecule has 29 heavy (non-hydrogen) atoms. The fourth-order valence-electron chi connectivity index (χ4n) is 3.48. The minimum atomic E-state index is -0.288. The second kappa shape index (κ2) is 6.97. The van der Waals surface area contributed by atoms with Gasteiger partial charge in [0.2, 0.25) is 0 Å². The van der Waals surface area contributed by atoms with E-state index in [2.05, 4.69) is 20.1 Å². The van der Waals surface area contributed by atoms with E-state index in [9.17, 15) is 9.18 Å². The number of pyridine rings is 1. The molecule has 0 radical (unpaired) electrons. The van der Waals surface area contributed by atoms with Crippen molar-refractivity contribution in [2.24, 2.45) is 11.0 Å². The molecule has 0 amide bonds. The van der Waals surface area contributed by atoms with E-state index in [1.165, 1.54) is 12.3 Å². The minimum Gasteiger partial charge on any atom is -0.426 e. The summed E-state index contributed by atoms with van der Waals surface area (Å²) >= 11 is 0. The Labute approximate surface area is 164 Å². The van der Waals surface area contributed by atoms with Gasteiger partial charge in [0.25, 0.3) is 5.56 Å². The molecule has 8 heteroatoms. The molecule has 3 aromatic rings. The van der Waals surface area contributed by atoms with Crippen molar-refractivity contribution >= 4 is 17.1 Å². The number of aromatic nitrogens is 3. The summed E-state index contributed by atoms with van der Waals surface area (Å²) in [6, 6.07) is 8.37. The average molecular weight is 389 g/mol. The second-order valence-electron chi connectivity index (χ2n) is 6.82. The van der Waals surface area contributed by atoms with Gasteiger partial charge in [0.1, 0.15) is 11.6 Å². The van der Waals surface area contributed by atoms with Gasteiger partial charge in [-0.15, -0.1) is 0 Å². The molecule has 0 spiro atoms. The number of nitrogens with zero attached hydrogens (tertiary/aromatic N) is 4. The minimum absolute atomic E-state index is 0.0179. The maximum Gasteiger partial charge on any atom is 0.302 e. The van der Waals surface area contributed by atoms with Gasteiger partial charge in [0.15, 0.2) is 0 Å². The van der Waals surface area contributed by atoms with Crippen LogP contribution in [0, 0.1) is 11.7 Å². The monoisotopic (exact) mass is 389 g/mol. The number of nitrogens with one attached hydrogen (secondary N) is 1. The van der Waals surface area contributed by atoms with Crippen molar-refractivity contribution in [3.8, 4) is 6.01 Å². The van der Waals surface area contributed by atoms with E-state index in [0.29, 0.717) is 28.8 Å². The Hall–Kier alpha value is -3.81. The van der Waals surface area contributed by atoms with Crippen LogP contribution >= 0.6 is 0 Å². The van der Waals surface area contributed by atoms with Crippen molar-refractivity contribution in [1.29, 1.82) is 0 Å². The molecule has 0 saturated carbocycles. The van der Waals surface area contributed by atoms with Crippen molar-refractivity contribution in [2.75, 3.05) is 0 Å². The van der Waals surface area contributed by atoms with Gasteiger partial charge in [-0.05, 0) is 24.3 Å². The van der Waals surface area contributed by atoms with Crippen LogP contribution < -0.4 is 10.3 Å². The zero-order valence-corrected chi connectivity index (χ0v) is 15.2. The number of allylic oxidation sites excluding steroid dienone is 1. The Morgan fingerprint density at radius 3 is 3.03 bits per heavy atom. The van der Waals surface area contributed by atoms with Gasteiger partial charge in [-0.3, -0.25) is 19.8 Å². The molecule has 1 aliphatic heterocycles. The van der Waals surface area contributed by atoms with E-state index >= 15 is 0 Å². The van der Waals surface area contributed by atoms with Gasteiger partial charge < -0.3 is 4.74 Å². The van der Waals surface area contributed by atoms with E-state index in [1.54, 1.807) is 36.7 Å². The van der Waals surface area contributed by atoms with Crippen molar-refractivity contribution in [1.82, 2.24) is 20.0 Å². The van der Waals surface area contributed by atoms with Gasteiger partial charge in [0.05, 0.1) is 29.7 Å². The van der Waals surface area contributed by atoms with E-state index in [0.717, 1.165) is 0 Å². The molecule has 3 heterocycles. The number of hydrazone groups is 1. The highest BCUT2D eigenvalue weighted by atomic mass is 19.1. The zero-order chi connectivity index (χ0) is 19.8. The third kappa shape index (κ3) is 3.29. The molecule has 1 aromatic carbocycles. The molecule has 0 bridgehead atoms. The van der Waals surface area contributed by atoms with Crippen LogP contribution in [0.5, 0.6) is 6.01 Å². The van der Waals surface area contributed by atoms with E-state index < -0.39 is 0 Å². The topological polar surface area (TPSA) is 83.5 Å². The summed E-state index contributed by atoms with van der Waals surface area (Å²) in [6.07, 6.45) is 10.5.